The highest BCUT2D eigenvalue weighted by atomic mass is 16.5. The van der Waals surface area contributed by atoms with Gasteiger partial charge in [0.15, 0.2) is 0 Å². The molecule has 0 aromatic carbocycles. The van der Waals surface area contributed by atoms with Crippen LogP contribution in [0.25, 0.3) is 0 Å². The van der Waals surface area contributed by atoms with E-state index in [2.05, 4.69) is 11.0 Å². The van der Waals surface area contributed by atoms with Gasteiger partial charge < -0.3 is 9.64 Å². The smallest absolute Gasteiger partial charge is 0.0635 e. The van der Waals surface area contributed by atoms with Gasteiger partial charge in [-0.1, -0.05) is 0 Å². The molecule has 2 saturated heterocycles. The molecule has 0 saturated carbocycles. The monoisotopic (exact) mass is 180 g/mol. The minimum atomic E-state index is 0.466. The number of ether oxygens (including phenoxy) is 1. The number of hydrogen-bond acceptors (Lipinski definition) is 3. The molecule has 0 unspecified atom stereocenters. The summed E-state index contributed by atoms with van der Waals surface area (Å²) in [5, 5.41) is 8.44. The zero-order valence-corrected chi connectivity index (χ0v) is 7.96. The average molecular weight is 180 g/mol. The second kappa shape index (κ2) is 3.65. The Labute approximate surface area is 79.3 Å². The second-order valence-corrected chi connectivity index (χ2v) is 4.27. The summed E-state index contributed by atoms with van der Waals surface area (Å²) in [7, 11) is 0. The Morgan fingerprint density at radius 2 is 2.31 bits per heavy atom. The molecule has 0 amide bonds. The van der Waals surface area contributed by atoms with Crippen molar-refractivity contribution in [2.24, 2.45) is 5.41 Å². The number of hydrogen-bond donors (Lipinski definition) is 0. The van der Waals surface area contributed by atoms with E-state index < -0.39 is 0 Å². The normalized spacial score (nSPS) is 26.7. The van der Waals surface area contributed by atoms with Gasteiger partial charge in [-0.2, -0.15) is 5.26 Å². The van der Waals surface area contributed by atoms with Crippen LogP contribution in [0.1, 0.15) is 19.3 Å². The zero-order chi connectivity index (χ0) is 9.15. The van der Waals surface area contributed by atoms with Crippen molar-refractivity contribution < 1.29 is 4.74 Å². The summed E-state index contributed by atoms with van der Waals surface area (Å²) < 4.78 is 5.49. The molecule has 0 radical (unpaired) electrons. The standard InChI is InChI=1S/C10H16N2O/c11-4-2-5-12-7-10(8-12)3-1-6-13-9-10/h1-3,5-9H2. The maximum atomic E-state index is 8.44. The van der Waals surface area contributed by atoms with Crippen molar-refractivity contribution in [3.63, 3.8) is 0 Å². The van der Waals surface area contributed by atoms with Crippen LogP contribution in [-0.4, -0.2) is 37.7 Å². The van der Waals surface area contributed by atoms with Crippen LogP contribution in [0.5, 0.6) is 0 Å². The summed E-state index contributed by atoms with van der Waals surface area (Å²) in [6.07, 6.45) is 3.19. The highest BCUT2D eigenvalue weighted by Crippen LogP contribution is 2.37. The summed E-state index contributed by atoms with van der Waals surface area (Å²) in [6, 6.07) is 2.19. The fourth-order valence-electron chi connectivity index (χ4n) is 2.43. The Bertz CT molecular complexity index is 207. The predicted octanol–water partition coefficient (Wildman–Crippen LogP) is 1.01. The molecule has 72 valence electrons. The maximum Gasteiger partial charge on any atom is 0.0635 e. The van der Waals surface area contributed by atoms with E-state index in [1.807, 2.05) is 0 Å². The van der Waals surface area contributed by atoms with E-state index in [4.69, 9.17) is 10.00 Å². The number of rotatable bonds is 2. The first-order chi connectivity index (χ1) is 6.35. The third kappa shape index (κ3) is 1.84. The molecule has 2 rings (SSSR count). The molecule has 3 nitrogen and oxygen atoms in total. The lowest BCUT2D eigenvalue weighted by Gasteiger charge is -2.51. The first-order valence-corrected chi connectivity index (χ1v) is 5.02. The van der Waals surface area contributed by atoms with Gasteiger partial charge in [-0.15, -0.1) is 0 Å². The van der Waals surface area contributed by atoms with Crippen LogP contribution in [0.15, 0.2) is 0 Å². The summed E-state index contributed by atoms with van der Waals surface area (Å²) in [5.41, 5.74) is 0.466. The molecular formula is C10H16N2O. The van der Waals surface area contributed by atoms with Crippen LogP contribution < -0.4 is 0 Å². The topological polar surface area (TPSA) is 36.3 Å². The Balaban J connectivity index is 1.73. The van der Waals surface area contributed by atoms with Crippen LogP contribution in [0.2, 0.25) is 0 Å². The minimum absolute atomic E-state index is 0.466. The number of nitrogens with zero attached hydrogens (tertiary/aromatic N) is 2. The van der Waals surface area contributed by atoms with Gasteiger partial charge in [-0.3, -0.25) is 0 Å². The fraction of sp³-hybridized carbons (Fsp3) is 0.900. The third-order valence-electron chi connectivity index (χ3n) is 3.06. The van der Waals surface area contributed by atoms with E-state index in [1.54, 1.807) is 0 Å². The minimum Gasteiger partial charge on any atom is -0.381 e. The molecule has 0 aliphatic carbocycles. The Kier molecular flexibility index (Phi) is 2.52. The molecule has 0 atom stereocenters. The number of nitriles is 1. The number of likely N-dealkylation sites (tertiary alicyclic amines) is 1. The van der Waals surface area contributed by atoms with Crippen LogP contribution in [-0.2, 0) is 4.74 Å². The second-order valence-electron chi connectivity index (χ2n) is 4.27. The van der Waals surface area contributed by atoms with E-state index >= 15 is 0 Å². The van der Waals surface area contributed by atoms with Crippen molar-refractivity contribution in [1.29, 1.82) is 5.26 Å². The Hall–Kier alpha value is -0.590. The maximum absolute atomic E-state index is 8.44. The molecule has 2 fully saturated rings. The van der Waals surface area contributed by atoms with E-state index in [-0.39, 0.29) is 0 Å². The van der Waals surface area contributed by atoms with Crippen molar-refractivity contribution in [2.75, 3.05) is 32.8 Å². The molecule has 0 bridgehead atoms. The summed E-state index contributed by atoms with van der Waals surface area (Å²) in [5.74, 6) is 0. The Morgan fingerprint density at radius 3 is 2.92 bits per heavy atom. The molecule has 13 heavy (non-hydrogen) atoms. The van der Waals surface area contributed by atoms with Gasteiger partial charge >= 0.3 is 0 Å². The lowest BCUT2D eigenvalue weighted by Crippen LogP contribution is -2.59. The summed E-state index contributed by atoms with van der Waals surface area (Å²) >= 11 is 0. The van der Waals surface area contributed by atoms with Crippen LogP contribution >= 0.6 is 0 Å². The van der Waals surface area contributed by atoms with E-state index in [1.165, 1.54) is 12.8 Å². The van der Waals surface area contributed by atoms with Gasteiger partial charge in [-0.05, 0) is 12.8 Å². The van der Waals surface area contributed by atoms with Gasteiger partial charge in [0.2, 0.25) is 0 Å². The van der Waals surface area contributed by atoms with E-state index in [0.717, 1.165) is 32.8 Å². The fourth-order valence-corrected chi connectivity index (χ4v) is 2.43. The molecule has 2 heterocycles. The van der Waals surface area contributed by atoms with Gasteiger partial charge in [0, 0.05) is 38.1 Å². The van der Waals surface area contributed by atoms with Crippen LogP contribution in [0, 0.1) is 16.7 Å². The quantitative estimate of drug-likeness (QED) is 0.636. The van der Waals surface area contributed by atoms with Gasteiger partial charge in [0.05, 0.1) is 12.7 Å². The SMILES string of the molecule is N#CCCN1CC2(CCCOC2)C1. The first-order valence-electron chi connectivity index (χ1n) is 5.02. The molecule has 0 aromatic rings. The predicted molar refractivity (Wildman–Crippen MR) is 49.2 cm³/mol. The molecule has 1 spiro atoms. The lowest BCUT2D eigenvalue weighted by atomic mass is 9.75. The van der Waals surface area contributed by atoms with E-state index in [0.29, 0.717) is 11.8 Å². The molecular weight excluding hydrogens is 164 g/mol. The van der Waals surface area contributed by atoms with Crippen molar-refractivity contribution in [1.82, 2.24) is 4.90 Å². The summed E-state index contributed by atoms with van der Waals surface area (Å²) in [4.78, 5) is 2.36. The van der Waals surface area contributed by atoms with E-state index in [9.17, 15) is 0 Å². The van der Waals surface area contributed by atoms with Gasteiger partial charge in [0.1, 0.15) is 0 Å². The molecule has 2 aliphatic rings. The van der Waals surface area contributed by atoms with Crippen molar-refractivity contribution >= 4 is 0 Å². The average Bonchev–Trinajstić information content (AvgIpc) is 2.13. The first kappa shape index (κ1) is 8.98. The van der Waals surface area contributed by atoms with Crippen molar-refractivity contribution in [3.8, 4) is 6.07 Å². The third-order valence-corrected chi connectivity index (χ3v) is 3.06. The van der Waals surface area contributed by atoms with Crippen LogP contribution in [0.4, 0.5) is 0 Å². The lowest BCUT2D eigenvalue weighted by molar-refractivity contribution is -0.0995. The molecule has 3 heteroatoms. The Morgan fingerprint density at radius 1 is 1.46 bits per heavy atom. The molecule has 0 N–H and O–H groups in total. The largest absolute Gasteiger partial charge is 0.381 e. The summed E-state index contributed by atoms with van der Waals surface area (Å²) in [6.45, 7) is 5.12. The zero-order valence-electron chi connectivity index (χ0n) is 7.96. The van der Waals surface area contributed by atoms with Crippen molar-refractivity contribution in [2.45, 2.75) is 19.3 Å². The molecule has 0 aromatic heterocycles. The van der Waals surface area contributed by atoms with Gasteiger partial charge in [0.25, 0.3) is 0 Å². The highest BCUT2D eigenvalue weighted by molar-refractivity contribution is 4.96. The van der Waals surface area contributed by atoms with Crippen LogP contribution in [0.3, 0.4) is 0 Å². The highest BCUT2D eigenvalue weighted by Gasteiger charge is 2.43. The van der Waals surface area contributed by atoms with Gasteiger partial charge in [-0.25, -0.2) is 0 Å². The van der Waals surface area contributed by atoms with Crippen molar-refractivity contribution in [3.05, 3.63) is 0 Å². The molecule has 2 aliphatic heterocycles.